The van der Waals surface area contributed by atoms with E-state index in [1.807, 2.05) is 31.2 Å². The van der Waals surface area contributed by atoms with Crippen LogP contribution >= 0.6 is 0 Å². The molecule has 1 aromatic carbocycles. The number of ether oxygens (including phenoxy) is 1. The van der Waals surface area contributed by atoms with Crippen LogP contribution in [0.5, 0.6) is 5.75 Å². The summed E-state index contributed by atoms with van der Waals surface area (Å²) in [5.41, 5.74) is 0.815. The summed E-state index contributed by atoms with van der Waals surface area (Å²) in [5.74, 6) is 0.382. The molecule has 0 amide bonds. The molecule has 2 aromatic rings. The van der Waals surface area contributed by atoms with Crippen molar-refractivity contribution >= 4 is 5.97 Å². The molecule has 0 radical (unpaired) electrons. The van der Waals surface area contributed by atoms with E-state index in [0.29, 0.717) is 12.4 Å². The molecule has 2 rings (SSSR count). The predicted molar refractivity (Wildman–Crippen MR) is 71.3 cm³/mol. The van der Waals surface area contributed by atoms with Gasteiger partial charge in [0.1, 0.15) is 5.75 Å². The lowest BCUT2D eigenvalue weighted by Crippen LogP contribution is -2.07. The maximum atomic E-state index is 10.5. The Labute approximate surface area is 116 Å². The molecule has 1 N–H and O–H groups in total. The molecular weight excluding hydrogens is 260 g/mol. The lowest BCUT2D eigenvalue weighted by Gasteiger charge is -2.04. The van der Waals surface area contributed by atoms with Crippen molar-refractivity contribution in [3.63, 3.8) is 0 Å². The van der Waals surface area contributed by atoms with E-state index in [4.69, 9.17) is 9.84 Å². The summed E-state index contributed by atoms with van der Waals surface area (Å²) in [4.78, 5) is 11.8. The van der Waals surface area contributed by atoms with Crippen LogP contribution in [-0.2, 0) is 11.3 Å². The Morgan fingerprint density at radius 2 is 2.10 bits per heavy atom. The van der Waals surface area contributed by atoms with E-state index < -0.39 is 5.97 Å². The molecule has 0 fully saturated rings. The number of aliphatic carboxylic acids is 1. The van der Waals surface area contributed by atoms with Gasteiger partial charge in [-0.25, -0.2) is 0 Å². The van der Waals surface area contributed by atoms with E-state index in [2.05, 4.69) is 15.4 Å². The summed E-state index contributed by atoms with van der Waals surface area (Å²) in [6.07, 6.45) is 0.931. The van der Waals surface area contributed by atoms with Gasteiger partial charge in [-0.15, -0.1) is 10.2 Å². The van der Waals surface area contributed by atoms with Gasteiger partial charge in [-0.3, -0.25) is 4.79 Å². The highest BCUT2D eigenvalue weighted by Crippen LogP contribution is 2.18. The van der Waals surface area contributed by atoms with Crippen LogP contribution in [-0.4, -0.2) is 37.9 Å². The van der Waals surface area contributed by atoms with Gasteiger partial charge in [0.15, 0.2) is 0 Å². The van der Waals surface area contributed by atoms with E-state index in [-0.39, 0.29) is 13.0 Å². The van der Waals surface area contributed by atoms with Gasteiger partial charge in [-0.1, -0.05) is 6.92 Å². The minimum atomic E-state index is -0.888. The summed E-state index contributed by atoms with van der Waals surface area (Å²) in [6, 6.07) is 7.40. The molecule has 106 valence electrons. The zero-order valence-corrected chi connectivity index (χ0v) is 11.2. The summed E-state index contributed by atoms with van der Waals surface area (Å²) in [5, 5.41) is 20.5. The van der Waals surface area contributed by atoms with E-state index in [1.54, 1.807) is 0 Å². The maximum Gasteiger partial charge on any atom is 0.305 e. The van der Waals surface area contributed by atoms with Crippen molar-refractivity contribution in [2.24, 2.45) is 0 Å². The molecule has 0 saturated heterocycles. The lowest BCUT2D eigenvalue weighted by molar-refractivity contribution is -0.137. The van der Waals surface area contributed by atoms with Crippen molar-refractivity contribution in [2.75, 3.05) is 6.61 Å². The van der Waals surface area contributed by atoms with Crippen molar-refractivity contribution in [1.82, 2.24) is 20.2 Å². The zero-order chi connectivity index (χ0) is 14.4. The van der Waals surface area contributed by atoms with Gasteiger partial charge in [0.05, 0.1) is 19.6 Å². The second kappa shape index (κ2) is 6.65. The highest BCUT2D eigenvalue weighted by molar-refractivity contribution is 5.66. The number of aromatic nitrogens is 4. The molecule has 0 aliphatic heterocycles. The normalized spacial score (nSPS) is 10.4. The van der Waals surface area contributed by atoms with Gasteiger partial charge < -0.3 is 9.84 Å². The highest BCUT2D eigenvalue weighted by Gasteiger charge is 2.07. The van der Waals surface area contributed by atoms with Gasteiger partial charge in [0, 0.05) is 5.56 Å². The number of tetrazole rings is 1. The third-order valence-corrected chi connectivity index (χ3v) is 2.56. The average Bonchev–Trinajstić information content (AvgIpc) is 2.92. The second-order valence-electron chi connectivity index (χ2n) is 4.23. The number of nitrogens with zero attached hydrogens (tertiary/aromatic N) is 4. The van der Waals surface area contributed by atoms with E-state index in [0.717, 1.165) is 17.7 Å². The molecule has 0 spiro atoms. The second-order valence-corrected chi connectivity index (χ2v) is 4.23. The summed E-state index contributed by atoms with van der Waals surface area (Å²) in [6.45, 7) is 2.94. The summed E-state index contributed by atoms with van der Waals surface area (Å²) < 4.78 is 5.49. The number of aryl methyl sites for hydroxylation is 1. The SMILES string of the molecule is CCCOc1ccc(-c2nnn(CCC(=O)O)n2)cc1. The minimum absolute atomic E-state index is 0.0282. The first-order valence-electron chi connectivity index (χ1n) is 6.42. The van der Waals surface area contributed by atoms with Crippen molar-refractivity contribution in [1.29, 1.82) is 0 Å². The molecule has 0 saturated carbocycles. The fraction of sp³-hybridized carbons (Fsp3) is 0.385. The van der Waals surface area contributed by atoms with Crippen LogP contribution in [0, 0.1) is 0 Å². The molecule has 20 heavy (non-hydrogen) atoms. The van der Waals surface area contributed by atoms with Crippen molar-refractivity contribution in [3.8, 4) is 17.1 Å². The molecule has 7 nitrogen and oxygen atoms in total. The van der Waals surface area contributed by atoms with Crippen LogP contribution in [0.1, 0.15) is 19.8 Å². The van der Waals surface area contributed by atoms with E-state index >= 15 is 0 Å². The average molecular weight is 276 g/mol. The first-order chi connectivity index (χ1) is 9.69. The van der Waals surface area contributed by atoms with Crippen LogP contribution in [0.2, 0.25) is 0 Å². The van der Waals surface area contributed by atoms with Gasteiger partial charge in [0.2, 0.25) is 5.82 Å². The third kappa shape index (κ3) is 3.78. The van der Waals surface area contributed by atoms with Gasteiger partial charge >= 0.3 is 5.97 Å². The van der Waals surface area contributed by atoms with E-state index in [9.17, 15) is 4.79 Å². The standard InChI is InChI=1S/C13H16N4O3/c1-2-9-20-11-5-3-10(4-6-11)13-14-16-17(15-13)8-7-12(18)19/h3-6H,2,7-9H2,1H3,(H,18,19). The highest BCUT2D eigenvalue weighted by atomic mass is 16.5. The molecule has 1 heterocycles. The Morgan fingerprint density at radius 3 is 2.75 bits per heavy atom. The lowest BCUT2D eigenvalue weighted by atomic mass is 10.2. The molecular formula is C13H16N4O3. The Morgan fingerprint density at radius 1 is 1.35 bits per heavy atom. The number of hydrogen-bond donors (Lipinski definition) is 1. The molecule has 0 aliphatic rings. The summed E-state index contributed by atoms with van der Waals surface area (Å²) in [7, 11) is 0. The Balaban J connectivity index is 2.02. The smallest absolute Gasteiger partial charge is 0.305 e. The fourth-order valence-electron chi connectivity index (χ4n) is 1.57. The van der Waals surface area contributed by atoms with Crippen LogP contribution in [0.3, 0.4) is 0 Å². The number of carboxylic acid groups (broad SMARTS) is 1. The number of rotatable bonds is 7. The first kappa shape index (κ1) is 14.0. The van der Waals surface area contributed by atoms with Gasteiger partial charge in [-0.05, 0) is 35.9 Å². The van der Waals surface area contributed by atoms with Crippen LogP contribution in [0.15, 0.2) is 24.3 Å². The maximum absolute atomic E-state index is 10.5. The third-order valence-electron chi connectivity index (χ3n) is 2.56. The number of hydrogen-bond acceptors (Lipinski definition) is 5. The Bertz CT molecular complexity index is 565. The van der Waals surface area contributed by atoms with Gasteiger partial charge in [-0.2, -0.15) is 4.80 Å². The molecule has 0 bridgehead atoms. The van der Waals surface area contributed by atoms with E-state index in [1.165, 1.54) is 4.80 Å². The van der Waals surface area contributed by atoms with Crippen LogP contribution in [0.25, 0.3) is 11.4 Å². The summed E-state index contributed by atoms with van der Waals surface area (Å²) >= 11 is 0. The topological polar surface area (TPSA) is 90.1 Å². The molecule has 7 heteroatoms. The zero-order valence-electron chi connectivity index (χ0n) is 11.2. The van der Waals surface area contributed by atoms with Crippen molar-refractivity contribution < 1.29 is 14.6 Å². The van der Waals surface area contributed by atoms with Gasteiger partial charge in [0.25, 0.3) is 0 Å². The molecule has 0 atom stereocenters. The monoisotopic (exact) mass is 276 g/mol. The molecule has 0 aliphatic carbocycles. The number of carboxylic acids is 1. The number of carbonyl (C=O) groups is 1. The predicted octanol–water partition coefficient (Wildman–Crippen LogP) is 1.60. The fourth-order valence-corrected chi connectivity index (χ4v) is 1.57. The first-order valence-corrected chi connectivity index (χ1v) is 6.42. The minimum Gasteiger partial charge on any atom is -0.494 e. The van der Waals surface area contributed by atoms with Crippen molar-refractivity contribution in [3.05, 3.63) is 24.3 Å². The molecule has 0 unspecified atom stereocenters. The molecule has 1 aromatic heterocycles. The van der Waals surface area contributed by atoms with Crippen molar-refractivity contribution in [2.45, 2.75) is 26.3 Å². The number of benzene rings is 1. The Kier molecular flexibility index (Phi) is 4.65. The largest absolute Gasteiger partial charge is 0.494 e. The van der Waals surface area contributed by atoms with Crippen LogP contribution < -0.4 is 4.74 Å². The quantitative estimate of drug-likeness (QED) is 0.826. The van der Waals surface area contributed by atoms with Crippen LogP contribution in [0.4, 0.5) is 0 Å². The Hall–Kier alpha value is -2.44.